The predicted octanol–water partition coefficient (Wildman–Crippen LogP) is 1.80. The van der Waals surface area contributed by atoms with Crippen molar-refractivity contribution in [1.29, 1.82) is 0 Å². The fourth-order valence-corrected chi connectivity index (χ4v) is 4.33. The van der Waals surface area contributed by atoms with Gasteiger partial charge in [0.15, 0.2) is 0 Å². The number of carbonyl (C=O) groups is 1. The number of piperazine rings is 1. The van der Waals surface area contributed by atoms with Gasteiger partial charge in [-0.05, 0) is 36.4 Å². The average molecular weight is 421 g/mol. The second-order valence-corrected chi connectivity index (χ2v) is 8.80. The Kier molecular flexibility index (Phi) is 6.39. The van der Waals surface area contributed by atoms with E-state index in [0.29, 0.717) is 37.6 Å². The lowest BCUT2D eigenvalue weighted by Crippen LogP contribution is -2.51. The van der Waals surface area contributed by atoms with E-state index in [4.69, 9.17) is 4.74 Å². The minimum atomic E-state index is -3.79. The number of carbonyl (C=O) groups excluding carboxylic acids is 1. The van der Waals surface area contributed by atoms with Crippen LogP contribution in [0.15, 0.2) is 53.4 Å². The van der Waals surface area contributed by atoms with Gasteiger partial charge in [0.05, 0.1) is 24.2 Å². The lowest BCUT2D eigenvalue weighted by Gasteiger charge is -2.36. The average Bonchev–Trinajstić information content (AvgIpc) is 2.74. The van der Waals surface area contributed by atoms with E-state index >= 15 is 0 Å². The zero-order chi connectivity index (χ0) is 21.0. The van der Waals surface area contributed by atoms with Crippen LogP contribution < -0.4 is 9.64 Å². The topological polar surface area (TPSA) is 70.2 Å². The van der Waals surface area contributed by atoms with Crippen LogP contribution in [0, 0.1) is 5.82 Å². The third kappa shape index (κ3) is 4.68. The molecule has 29 heavy (non-hydrogen) atoms. The van der Waals surface area contributed by atoms with Crippen molar-refractivity contribution in [3.05, 3.63) is 54.3 Å². The Morgan fingerprint density at radius 2 is 1.69 bits per heavy atom. The van der Waals surface area contributed by atoms with Crippen molar-refractivity contribution in [2.45, 2.75) is 4.90 Å². The number of hydrogen-bond acceptors (Lipinski definition) is 5. The van der Waals surface area contributed by atoms with Crippen molar-refractivity contribution in [3.8, 4) is 5.75 Å². The number of methoxy groups -OCH3 is 1. The van der Waals surface area contributed by atoms with Crippen LogP contribution in [0.5, 0.6) is 5.75 Å². The molecule has 2 aromatic rings. The van der Waals surface area contributed by atoms with E-state index in [0.717, 1.165) is 4.31 Å². The summed E-state index contributed by atoms with van der Waals surface area (Å²) in [6, 6.07) is 12.5. The lowest BCUT2D eigenvalue weighted by molar-refractivity contribution is -0.131. The Morgan fingerprint density at radius 3 is 2.28 bits per heavy atom. The summed E-state index contributed by atoms with van der Waals surface area (Å²) in [5, 5.41) is 0. The number of anilines is 1. The first-order valence-electron chi connectivity index (χ1n) is 9.20. The molecule has 0 aliphatic carbocycles. The normalized spacial score (nSPS) is 14.9. The van der Waals surface area contributed by atoms with Crippen molar-refractivity contribution in [3.63, 3.8) is 0 Å². The summed E-state index contributed by atoms with van der Waals surface area (Å²) < 4.78 is 45.4. The number of para-hydroxylation sites is 1. The highest BCUT2D eigenvalue weighted by Crippen LogP contribution is 2.21. The molecule has 1 saturated heterocycles. The van der Waals surface area contributed by atoms with Gasteiger partial charge in [-0.15, -0.1) is 0 Å². The highest BCUT2D eigenvalue weighted by molar-refractivity contribution is 7.89. The molecule has 1 heterocycles. The molecule has 7 nitrogen and oxygen atoms in total. The maximum absolute atomic E-state index is 13.9. The van der Waals surface area contributed by atoms with Crippen molar-refractivity contribution in [2.24, 2.45) is 0 Å². The maximum atomic E-state index is 13.9. The van der Waals surface area contributed by atoms with Gasteiger partial charge in [0.1, 0.15) is 11.6 Å². The van der Waals surface area contributed by atoms with Gasteiger partial charge in [0, 0.05) is 33.2 Å². The minimum absolute atomic E-state index is 0.0953. The Labute approximate surface area is 170 Å². The van der Waals surface area contributed by atoms with Gasteiger partial charge < -0.3 is 14.5 Å². The van der Waals surface area contributed by atoms with Crippen LogP contribution >= 0.6 is 0 Å². The van der Waals surface area contributed by atoms with E-state index in [1.807, 2.05) is 4.90 Å². The second-order valence-electron chi connectivity index (χ2n) is 6.76. The van der Waals surface area contributed by atoms with Gasteiger partial charge in [0.2, 0.25) is 15.9 Å². The number of rotatable bonds is 6. The number of likely N-dealkylation sites (N-methyl/N-ethyl adjacent to an activating group) is 1. The molecule has 1 aliphatic rings. The van der Waals surface area contributed by atoms with E-state index in [2.05, 4.69) is 0 Å². The van der Waals surface area contributed by atoms with E-state index < -0.39 is 10.0 Å². The number of halogens is 1. The summed E-state index contributed by atoms with van der Waals surface area (Å²) in [6.45, 7) is 1.53. The number of amides is 1. The zero-order valence-corrected chi connectivity index (χ0v) is 17.2. The van der Waals surface area contributed by atoms with Crippen LogP contribution in [-0.4, -0.2) is 70.4 Å². The fourth-order valence-electron chi connectivity index (χ4n) is 3.21. The highest BCUT2D eigenvalue weighted by atomic mass is 32.2. The van der Waals surface area contributed by atoms with Gasteiger partial charge in [0.25, 0.3) is 0 Å². The van der Waals surface area contributed by atoms with E-state index in [1.54, 1.807) is 35.2 Å². The van der Waals surface area contributed by atoms with Crippen LogP contribution in [0.1, 0.15) is 0 Å². The number of nitrogens with zero attached hydrogens (tertiary/aromatic N) is 3. The van der Waals surface area contributed by atoms with Gasteiger partial charge in [-0.25, -0.2) is 12.8 Å². The molecule has 1 fully saturated rings. The van der Waals surface area contributed by atoms with Crippen LogP contribution in [0.4, 0.5) is 10.1 Å². The third-order valence-corrected chi connectivity index (χ3v) is 6.77. The molecule has 3 rings (SSSR count). The van der Waals surface area contributed by atoms with Crippen LogP contribution in [0.3, 0.4) is 0 Å². The zero-order valence-electron chi connectivity index (χ0n) is 16.4. The molecule has 1 amide bonds. The summed E-state index contributed by atoms with van der Waals surface area (Å²) in [7, 11) is -0.905. The third-order valence-electron chi connectivity index (χ3n) is 4.95. The predicted molar refractivity (Wildman–Crippen MR) is 108 cm³/mol. The summed E-state index contributed by atoms with van der Waals surface area (Å²) in [5.41, 5.74) is 0.513. The van der Waals surface area contributed by atoms with Crippen LogP contribution in [0.25, 0.3) is 0 Å². The molecule has 0 unspecified atom stereocenters. The molecule has 0 radical (unpaired) electrons. The van der Waals surface area contributed by atoms with Crippen molar-refractivity contribution in [1.82, 2.24) is 9.21 Å². The minimum Gasteiger partial charge on any atom is -0.497 e. The van der Waals surface area contributed by atoms with Crippen LogP contribution in [0.2, 0.25) is 0 Å². The van der Waals surface area contributed by atoms with Crippen molar-refractivity contribution >= 4 is 21.6 Å². The van der Waals surface area contributed by atoms with Crippen LogP contribution in [-0.2, 0) is 14.8 Å². The number of sulfonamides is 1. The van der Waals surface area contributed by atoms with Gasteiger partial charge in [-0.2, -0.15) is 4.31 Å². The Bertz CT molecular complexity index is 958. The first kappa shape index (κ1) is 21.1. The standard InChI is InChI=1S/C20H24FN3O4S/c1-22(29(26,27)17-9-7-16(28-2)8-10-17)15-20(25)24-13-11-23(12-14-24)19-6-4-3-5-18(19)21/h3-10H,11-15H2,1-2H3. The smallest absolute Gasteiger partial charge is 0.243 e. The van der Waals surface area contributed by atoms with E-state index in [1.165, 1.54) is 32.4 Å². The van der Waals surface area contributed by atoms with Gasteiger partial charge in [-0.3, -0.25) is 4.79 Å². The monoisotopic (exact) mass is 421 g/mol. The molecule has 2 aromatic carbocycles. The molecular weight excluding hydrogens is 397 g/mol. The first-order chi connectivity index (χ1) is 13.8. The number of ether oxygens (including phenoxy) is 1. The van der Waals surface area contributed by atoms with E-state index in [-0.39, 0.29) is 23.2 Å². The maximum Gasteiger partial charge on any atom is 0.243 e. The molecule has 0 spiro atoms. The summed E-state index contributed by atoms with van der Waals surface area (Å²) in [5.74, 6) is -0.0224. The molecule has 0 N–H and O–H groups in total. The molecule has 0 atom stereocenters. The quantitative estimate of drug-likeness (QED) is 0.712. The molecule has 9 heteroatoms. The molecule has 1 aliphatic heterocycles. The summed E-state index contributed by atoms with van der Waals surface area (Å²) in [6.07, 6.45) is 0. The van der Waals surface area contributed by atoms with E-state index in [9.17, 15) is 17.6 Å². The van der Waals surface area contributed by atoms with Crippen molar-refractivity contribution in [2.75, 3.05) is 51.8 Å². The van der Waals surface area contributed by atoms with Crippen molar-refractivity contribution < 1.29 is 22.3 Å². The molecule has 0 bridgehead atoms. The van der Waals surface area contributed by atoms with Gasteiger partial charge in [-0.1, -0.05) is 12.1 Å². The van der Waals surface area contributed by atoms with Gasteiger partial charge >= 0.3 is 0 Å². The molecule has 0 aromatic heterocycles. The first-order valence-corrected chi connectivity index (χ1v) is 10.6. The largest absolute Gasteiger partial charge is 0.497 e. The lowest BCUT2D eigenvalue weighted by atomic mass is 10.2. The number of hydrogen-bond donors (Lipinski definition) is 0. The Hall–Kier alpha value is -2.65. The Morgan fingerprint density at radius 1 is 1.07 bits per heavy atom. The molecule has 156 valence electrons. The summed E-state index contributed by atoms with van der Waals surface area (Å²) in [4.78, 5) is 16.2. The second kappa shape index (κ2) is 8.79. The highest BCUT2D eigenvalue weighted by Gasteiger charge is 2.27. The SMILES string of the molecule is COc1ccc(S(=O)(=O)N(C)CC(=O)N2CCN(c3ccccc3F)CC2)cc1. The molecule has 0 saturated carbocycles. The summed E-state index contributed by atoms with van der Waals surface area (Å²) >= 11 is 0. The molecular formula is C20H24FN3O4S. The fraction of sp³-hybridized carbons (Fsp3) is 0.350. The number of benzene rings is 2. The Balaban J connectivity index is 1.59.